The Hall–Kier alpha value is -2.67. The highest BCUT2D eigenvalue weighted by Gasteiger charge is 2.12. The summed E-state index contributed by atoms with van der Waals surface area (Å²) in [6.45, 7) is 1.74. The van der Waals surface area contributed by atoms with Gasteiger partial charge in [-0.3, -0.25) is 4.79 Å². The third kappa shape index (κ3) is 3.26. The van der Waals surface area contributed by atoms with E-state index in [0.29, 0.717) is 17.7 Å². The van der Waals surface area contributed by atoms with Crippen LogP contribution in [0.2, 0.25) is 0 Å². The Morgan fingerprint density at radius 3 is 2.71 bits per heavy atom. The average molecular weight is 283 g/mol. The van der Waals surface area contributed by atoms with E-state index >= 15 is 0 Å². The molecule has 21 heavy (non-hydrogen) atoms. The van der Waals surface area contributed by atoms with Crippen molar-refractivity contribution in [3.8, 4) is 11.8 Å². The molecule has 0 aliphatic carbocycles. The molecule has 0 aromatic heterocycles. The summed E-state index contributed by atoms with van der Waals surface area (Å²) < 4.78 is 19.5. The molecule has 0 unspecified atom stereocenters. The average Bonchev–Trinajstić information content (AvgIpc) is 2.53. The summed E-state index contributed by atoms with van der Waals surface area (Å²) >= 11 is 0. The van der Waals surface area contributed by atoms with Gasteiger partial charge in [-0.05, 0) is 18.2 Å². The molecule has 0 N–H and O–H groups in total. The van der Waals surface area contributed by atoms with Gasteiger partial charge in [0.1, 0.15) is 24.2 Å². The van der Waals surface area contributed by atoms with Crippen LogP contribution < -0.4 is 4.74 Å². The number of hydrogen-bond acceptors (Lipinski definition) is 3. The Morgan fingerprint density at radius 1 is 1.24 bits per heavy atom. The number of ketones is 1. The summed E-state index contributed by atoms with van der Waals surface area (Å²) in [5.41, 5.74) is 0.749. The lowest BCUT2D eigenvalue weighted by Gasteiger charge is -2.11. The molecule has 0 saturated heterocycles. The lowest BCUT2D eigenvalue weighted by atomic mass is 10.1. The Bertz CT molecular complexity index is 704. The Labute approximate surface area is 122 Å². The highest BCUT2D eigenvalue weighted by Crippen LogP contribution is 2.22. The van der Waals surface area contributed by atoms with Gasteiger partial charge in [-0.15, -0.1) is 0 Å². The van der Waals surface area contributed by atoms with Crippen LogP contribution in [0.15, 0.2) is 42.5 Å². The zero-order valence-corrected chi connectivity index (χ0v) is 11.6. The van der Waals surface area contributed by atoms with Crippen LogP contribution in [0.4, 0.5) is 4.39 Å². The molecule has 0 heterocycles. The van der Waals surface area contributed by atoms with Gasteiger partial charge in [0.05, 0.1) is 11.1 Å². The zero-order valence-electron chi connectivity index (χ0n) is 11.6. The van der Waals surface area contributed by atoms with Crippen LogP contribution in [0.1, 0.15) is 34.8 Å². The van der Waals surface area contributed by atoms with Crippen LogP contribution >= 0.6 is 0 Å². The van der Waals surface area contributed by atoms with E-state index in [4.69, 9.17) is 10.00 Å². The largest absolute Gasteiger partial charge is 0.488 e. The number of nitriles is 1. The summed E-state index contributed by atoms with van der Waals surface area (Å²) in [5.74, 6) is -0.192. The summed E-state index contributed by atoms with van der Waals surface area (Å²) in [4.78, 5) is 11.8. The fourth-order valence-corrected chi connectivity index (χ4v) is 1.95. The molecule has 0 aliphatic heterocycles. The van der Waals surface area contributed by atoms with E-state index in [1.54, 1.807) is 49.4 Å². The van der Waals surface area contributed by atoms with E-state index in [1.807, 2.05) is 0 Å². The smallest absolute Gasteiger partial charge is 0.166 e. The van der Waals surface area contributed by atoms with Crippen molar-refractivity contribution in [2.45, 2.75) is 20.0 Å². The minimum Gasteiger partial charge on any atom is -0.488 e. The predicted molar refractivity (Wildman–Crippen MR) is 76.5 cm³/mol. The zero-order chi connectivity index (χ0) is 15.2. The second-order valence-electron chi connectivity index (χ2n) is 4.45. The molecule has 0 bridgehead atoms. The molecule has 4 heteroatoms. The topological polar surface area (TPSA) is 50.1 Å². The number of rotatable bonds is 5. The van der Waals surface area contributed by atoms with Gasteiger partial charge >= 0.3 is 0 Å². The molecule has 2 aromatic carbocycles. The predicted octanol–water partition coefficient (Wildman–Crippen LogP) is 3.87. The van der Waals surface area contributed by atoms with Crippen LogP contribution in [0.25, 0.3) is 0 Å². The Morgan fingerprint density at radius 2 is 2.00 bits per heavy atom. The van der Waals surface area contributed by atoms with Gasteiger partial charge in [0.25, 0.3) is 0 Å². The minimum absolute atomic E-state index is 0.0194. The van der Waals surface area contributed by atoms with Crippen molar-refractivity contribution in [1.29, 1.82) is 5.26 Å². The number of nitrogens with zero attached hydrogens (tertiary/aromatic N) is 1. The molecule has 2 rings (SSSR count). The van der Waals surface area contributed by atoms with E-state index in [0.717, 1.165) is 0 Å². The SMILES string of the molecule is CCC(=O)c1ccccc1OCc1cccc(C#N)c1F. The number of hydrogen-bond donors (Lipinski definition) is 0. The highest BCUT2D eigenvalue weighted by molar-refractivity contribution is 5.98. The standard InChI is InChI=1S/C17H14FNO2/c1-2-15(20)14-8-3-4-9-16(14)21-11-13-7-5-6-12(10-19)17(13)18/h3-9H,2,11H2,1H3. The van der Waals surface area contributed by atoms with Crippen LogP contribution in [0.5, 0.6) is 5.75 Å². The first-order valence-electron chi connectivity index (χ1n) is 6.60. The van der Waals surface area contributed by atoms with Crippen LogP contribution in [-0.2, 0) is 6.61 Å². The molecular weight excluding hydrogens is 269 g/mol. The van der Waals surface area contributed by atoms with Crippen molar-refractivity contribution < 1.29 is 13.9 Å². The second kappa shape index (κ2) is 6.67. The number of benzene rings is 2. The first-order valence-corrected chi connectivity index (χ1v) is 6.60. The Balaban J connectivity index is 2.22. The minimum atomic E-state index is -0.584. The second-order valence-corrected chi connectivity index (χ2v) is 4.45. The van der Waals surface area contributed by atoms with E-state index in [2.05, 4.69) is 0 Å². The van der Waals surface area contributed by atoms with Gasteiger partial charge in [-0.25, -0.2) is 4.39 Å². The van der Waals surface area contributed by atoms with Crippen LogP contribution in [0.3, 0.4) is 0 Å². The molecule has 0 fully saturated rings. The normalized spacial score (nSPS) is 9.95. The first-order chi connectivity index (χ1) is 10.2. The van der Waals surface area contributed by atoms with E-state index in [9.17, 15) is 9.18 Å². The maximum absolute atomic E-state index is 13.9. The molecule has 0 atom stereocenters. The number of para-hydroxylation sites is 1. The van der Waals surface area contributed by atoms with Crippen molar-refractivity contribution in [3.05, 3.63) is 65.0 Å². The lowest BCUT2D eigenvalue weighted by molar-refractivity contribution is 0.0983. The molecule has 0 aliphatic rings. The summed E-state index contributed by atoms with van der Waals surface area (Å²) in [6, 6.07) is 13.2. The van der Waals surface area contributed by atoms with Crippen molar-refractivity contribution in [3.63, 3.8) is 0 Å². The van der Waals surface area contributed by atoms with Gasteiger partial charge in [-0.1, -0.05) is 31.2 Å². The lowest BCUT2D eigenvalue weighted by Crippen LogP contribution is -2.05. The van der Waals surface area contributed by atoms with Crippen LogP contribution in [0, 0.1) is 17.1 Å². The number of carbonyl (C=O) groups is 1. The Kier molecular flexibility index (Phi) is 4.68. The number of carbonyl (C=O) groups excluding carboxylic acids is 1. The van der Waals surface area contributed by atoms with Crippen molar-refractivity contribution >= 4 is 5.78 Å². The number of ether oxygens (including phenoxy) is 1. The van der Waals surface area contributed by atoms with Gasteiger partial charge in [-0.2, -0.15) is 5.26 Å². The van der Waals surface area contributed by atoms with Crippen molar-refractivity contribution in [1.82, 2.24) is 0 Å². The maximum Gasteiger partial charge on any atom is 0.166 e. The third-order valence-corrected chi connectivity index (χ3v) is 3.09. The molecule has 0 spiro atoms. The quantitative estimate of drug-likeness (QED) is 0.783. The molecule has 3 nitrogen and oxygen atoms in total. The van der Waals surface area contributed by atoms with E-state index < -0.39 is 5.82 Å². The monoisotopic (exact) mass is 283 g/mol. The molecule has 106 valence electrons. The number of halogens is 1. The summed E-state index contributed by atoms with van der Waals surface area (Å²) in [5, 5.41) is 8.80. The van der Waals surface area contributed by atoms with Crippen molar-refractivity contribution in [2.24, 2.45) is 0 Å². The molecule has 0 radical (unpaired) electrons. The molecule has 0 amide bonds. The third-order valence-electron chi connectivity index (χ3n) is 3.09. The van der Waals surface area contributed by atoms with Gasteiger partial charge < -0.3 is 4.74 Å². The first kappa shape index (κ1) is 14.7. The van der Waals surface area contributed by atoms with E-state index in [1.165, 1.54) is 6.07 Å². The van der Waals surface area contributed by atoms with Gasteiger partial charge in [0.15, 0.2) is 5.78 Å². The summed E-state index contributed by atoms with van der Waals surface area (Å²) in [7, 11) is 0. The van der Waals surface area contributed by atoms with E-state index in [-0.39, 0.29) is 23.5 Å². The fraction of sp³-hybridized carbons (Fsp3) is 0.176. The molecule has 2 aromatic rings. The highest BCUT2D eigenvalue weighted by atomic mass is 19.1. The van der Waals surface area contributed by atoms with Crippen molar-refractivity contribution in [2.75, 3.05) is 0 Å². The fourth-order valence-electron chi connectivity index (χ4n) is 1.95. The van der Waals surface area contributed by atoms with Gasteiger partial charge in [0, 0.05) is 12.0 Å². The summed E-state index contributed by atoms with van der Waals surface area (Å²) in [6.07, 6.45) is 0.374. The maximum atomic E-state index is 13.9. The number of Topliss-reactive ketones (excluding diaryl/α,β-unsaturated/α-hetero) is 1. The molecular formula is C17H14FNO2. The molecule has 0 saturated carbocycles. The van der Waals surface area contributed by atoms with Gasteiger partial charge in [0.2, 0.25) is 0 Å². The van der Waals surface area contributed by atoms with Crippen LogP contribution in [-0.4, -0.2) is 5.78 Å².